The van der Waals surface area contributed by atoms with Gasteiger partial charge in [0.1, 0.15) is 11.6 Å². The molecule has 0 bridgehead atoms. The lowest BCUT2D eigenvalue weighted by molar-refractivity contribution is 0.475. The van der Waals surface area contributed by atoms with Crippen LogP contribution in [-0.4, -0.2) is 20.3 Å². The first kappa shape index (κ1) is 11.6. The van der Waals surface area contributed by atoms with Crippen molar-refractivity contribution in [3.05, 3.63) is 30.1 Å². The number of phenols is 1. The number of hydrogen-bond acceptors (Lipinski definition) is 4. The number of aromatic nitrogens is 3. The minimum atomic E-state index is -0.145. The Balaban J connectivity index is 2.26. The SMILES string of the molecule is CC(C)[C@H](N)c1nc(-c2ccc(O)cc2)n[nH]1. The lowest BCUT2D eigenvalue weighted by atomic mass is 10.1. The van der Waals surface area contributed by atoms with Gasteiger partial charge in [0.2, 0.25) is 0 Å². The fourth-order valence-corrected chi connectivity index (χ4v) is 1.48. The average molecular weight is 232 g/mol. The van der Waals surface area contributed by atoms with Crippen LogP contribution >= 0.6 is 0 Å². The molecule has 0 saturated heterocycles. The number of aromatic amines is 1. The highest BCUT2D eigenvalue weighted by Gasteiger charge is 2.15. The molecule has 1 aromatic heterocycles. The molecule has 0 aliphatic carbocycles. The van der Waals surface area contributed by atoms with Gasteiger partial charge in [0.05, 0.1) is 6.04 Å². The molecule has 1 heterocycles. The van der Waals surface area contributed by atoms with Crippen LogP contribution in [0.5, 0.6) is 5.75 Å². The Labute approximate surface area is 99.7 Å². The third kappa shape index (κ3) is 2.45. The summed E-state index contributed by atoms with van der Waals surface area (Å²) in [6, 6.07) is 6.60. The number of nitrogens with two attached hydrogens (primary N) is 1. The molecule has 2 rings (SSSR count). The van der Waals surface area contributed by atoms with Gasteiger partial charge in [0, 0.05) is 5.56 Å². The van der Waals surface area contributed by atoms with Crippen molar-refractivity contribution in [3.8, 4) is 17.1 Å². The van der Waals surface area contributed by atoms with Gasteiger partial charge in [-0.3, -0.25) is 5.10 Å². The van der Waals surface area contributed by atoms with Gasteiger partial charge in [-0.05, 0) is 30.2 Å². The van der Waals surface area contributed by atoms with Gasteiger partial charge in [0.15, 0.2) is 5.82 Å². The Morgan fingerprint density at radius 1 is 1.24 bits per heavy atom. The van der Waals surface area contributed by atoms with Crippen molar-refractivity contribution in [2.24, 2.45) is 11.7 Å². The first-order valence-electron chi connectivity index (χ1n) is 5.55. The van der Waals surface area contributed by atoms with E-state index in [9.17, 15) is 5.11 Å². The molecule has 90 valence electrons. The third-order valence-electron chi connectivity index (χ3n) is 2.66. The van der Waals surface area contributed by atoms with E-state index in [1.807, 2.05) is 13.8 Å². The number of H-pyrrole nitrogens is 1. The molecular formula is C12H16N4O. The van der Waals surface area contributed by atoms with Crippen LogP contribution in [0, 0.1) is 5.92 Å². The molecular weight excluding hydrogens is 216 g/mol. The summed E-state index contributed by atoms with van der Waals surface area (Å²) in [4.78, 5) is 4.36. The molecule has 0 radical (unpaired) electrons. The van der Waals surface area contributed by atoms with Crippen LogP contribution in [0.25, 0.3) is 11.4 Å². The van der Waals surface area contributed by atoms with Crippen molar-refractivity contribution in [3.63, 3.8) is 0 Å². The predicted molar refractivity (Wildman–Crippen MR) is 65.2 cm³/mol. The maximum atomic E-state index is 9.20. The van der Waals surface area contributed by atoms with Gasteiger partial charge in [0.25, 0.3) is 0 Å². The van der Waals surface area contributed by atoms with Crippen molar-refractivity contribution in [1.82, 2.24) is 15.2 Å². The smallest absolute Gasteiger partial charge is 0.181 e. The highest BCUT2D eigenvalue weighted by molar-refractivity contribution is 5.55. The maximum absolute atomic E-state index is 9.20. The summed E-state index contributed by atoms with van der Waals surface area (Å²) in [5.74, 6) is 1.80. The van der Waals surface area contributed by atoms with Gasteiger partial charge < -0.3 is 10.8 Å². The zero-order valence-electron chi connectivity index (χ0n) is 9.88. The predicted octanol–water partition coefficient (Wildman–Crippen LogP) is 1.83. The summed E-state index contributed by atoms with van der Waals surface area (Å²) in [5, 5.41) is 16.2. The first-order chi connectivity index (χ1) is 8.08. The Kier molecular flexibility index (Phi) is 3.10. The fraction of sp³-hybridized carbons (Fsp3) is 0.333. The fourth-order valence-electron chi connectivity index (χ4n) is 1.48. The molecule has 0 aliphatic rings. The number of phenolic OH excluding ortho intramolecular Hbond substituents is 1. The van der Waals surface area contributed by atoms with E-state index in [2.05, 4.69) is 15.2 Å². The van der Waals surface area contributed by atoms with Crippen molar-refractivity contribution in [2.75, 3.05) is 0 Å². The standard InChI is InChI=1S/C12H16N4O/c1-7(2)10(13)12-14-11(15-16-12)8-3-5-9(17)6-4-8/h3-7,10,17H,13H2,1-2H3,(H,14,15,16)/t10-/m0/s1. The highest BCUT2D eigenvalue weighted by Crippen LogP contribution is 2.21. The minimum absolute atomic E-state index is 0.145. The molecule has 5 heteroatoms. The summed E-state index contributed by atoms with van der Waals surface area (Å²) in [5.41, 5.74) is 6.83. The van der Waals surface area contributed by atoms with Crippen LogP contribution in [0.1, 0.15) is 25.7 Å². The topological polar surface area (TPSA) is 87.8 Å². The van der Waals surface area contributed by atoms with Gasteiger partial charge in [-0.25, -0.2) is 4.98 Å². The summed E-state index contributed by atoms with van der Waals surface area (Å²) < 4.78 is 0. The second-order valence-corrected chi connectivity index (χ2v) is 4.36. The zero-order valence-corrected chi connectivity index (χ0v) is 9.88. The molecule has 5 nitrogen and oxygen atoms in total. The molecule has 1 aromatic carbocycles. The van der Waals surface area contributed by atoms with E-state index in [-0.39, 0.29) is 11.8 Å². The minimum Gasteiger partial charge on any atom is -0.508 e. The number of nitrogens with one attached hydrogen (secondary N) is 1. The third-order valence-corrected chi connectivity index (χ3v) is 2.66. The molecule has 0 spiro atoms. The van der Waals surface area contributed by atoms with Gasteiger partial charge in [-0.15, -0.1) is 0 Å². The molecule has 2 aromatic rings. The Morgan fingerprint density at radius 2 is 1.88 bits per heavy atom. The van der Waals surface area contributed by atoms with E-state index < -0.39 is 0 Å². The number of benzene rings is 1. The number of aromatic hydroxyl groups is 1. The molecule has 0 amide bonds. The number of nitrogens with zero attached hydrogens (tertiary/aromatic N) is 2. The highest BCUT2D eigenvalue weighted by atomic mass is 16.3. The maximum Gasteiger partial charge on any atom is 0.181 e. The van der Waals surface area contributed by atoms with Crippen LogP contribution in [-0.2, 0) is 0 Å². The molecule has 0 unspecified atom stereocenters. The van der Waals surface area contributed by atoms with Crippen LogP contribution in [0.2, 0.25) is 0 Å². The monoisotopic (exact) mass is 232 g/mol. The molecule has 17 heavy (non-hydrogen) atoms. The quantitative estimate of drug-likeness (QED) is 0.753. The van der Waals surface area contributed by atoms with Crippen molar-refractivity contribution < 1.29 is 5.11 Å². The summed E-state index contributed by atoms with van der Waals surface area (Å²) >= 11 is 0. The summed E-state index contributed by atoms with van der Waals surface area (Å²) in [7, 11) is 0. The Morgan fingerprint density at radius 3 is 2.47 bits per heavy atom. The van der Waals surface area contributed by atoms with Gasteiger partial charge >= 0.3 is 0 Å². The second-order valence-electron chi connectivity index (χ2n) is 4.36. The Hall–Kier alpha value is -1.88. The van der Waals surface area contributed by atoms with Crippen LogP contribution < -0.4 is 5.73 Å². The van der Waals surface area contributed by atoms with E-state index in [1.54, 1.807) is 24.3 Å². The number of rotatable bonds is 3. The zero-order chi connectivity index (χ0) is 12.4. The van der Waals surface area contributed by atoms with E-state index >= 15 is 0 Å². The van der Waals surface area contributed by atoms with Crippen LogP contribution in [0.4, 0.5) is 0 Å². The molecule has 0 aliphatic heterocycles. The molecule has 0 fully saturated rings. The second kappa shape index (κ2) is 4.55. The lowest BCUT2D eigenvalue weighted by Gasteiger charge is -2.11. The average Bonchev–Trinajstić information content (AvgIpc) is 2.78. The number of hydrogen-bond donors (Lipinski definition) is 3. The van der Waals surface area contributed by atoms with E-state index in [4.69, 9.17) is 5.73 Å². The van der Waals surface area contributed by atoms with Crippen molar-refractivity contribution in [2.45, 2.75) is 19.9 Å². The summed E-state index contributed by atoms with van der Waals surface area (Å²) in [6.45, 7) is 4.07. The molecule has 1 atom stereocenters. The van der Waals surface area contributed by atoms with Gasteiger partial charge in [-0.2, -0.15) is 5.10 Å². The Bertz CT molecular complexity index is 489. The summed E-state index contributed by atoms with van der Waals surface area (Å²) in [6.07, 6.45) is 0. The first-order valence-corrected chi connectivity index (χ1v) is 5.55. The van der Waals surface area contributed by atoms with E-state index in [1.165, 1.54) is 0 Å². The molecule has 4 N–H and O–H groups in total. The molecule has 0 saturated carbocycles. The largest absolute Gasteiger partial charge is 0.508 e. The normalized spacial score (nSPS) is 12.9. The van der Waals surface area contributed by atoms with Crippen molar-refractivity contribution in [1.29, 1.82) is 0 Å². The van der Waals surface area contributed by atoms with E-state index in [0.29, 0.717) is 17.6 Å². The van der Waals surface area contributed by atoms with Crippen molar-refractivity contribution >= 4 is 0 Å². The van der Waals surface area contributed by atoms with E-state index in [0.717, 1.165) is 5.56 Å². The van der Waals surface area contributed by atoms with Crippen LogP contribution in [0.3, 0.4) is 0 Å². The van der Waals surface area contributed by atoms with Gasteiger partial charge in [-0.1, -0.05) is 13.8 Å². The van der Waals surface area contributed by atoms with Crippen LogP contribution in [0.15, 0.2) is 24.3 Å². The lowest BCUT2D eigenvalue weighted by Crippen LogP contribution is -2.18.